The van der Waals surface area contributed by atoms with Crippen molar-refractivity contribution in [3.8, 4) is 22.3 Å². The summed E-state index contributed by atoms with van der Waals surface area (Å²) in [5, 5.41) is 6.78. The van der Waals surface area contributed by atoms with Gasteiger partial charge < -0.3 is 4.90 Å². The van der Waals surface area contributed by atoms with Gasteiger partial charge in [0.15, 0.2) is 0 Å². The van der Waals surface area contributed by atoms with E-state index >= 15 is 0 Å². The average molecular weight is 522 g/mol. The Bertz CT molecular complexity index is 1810. The van der Waals surface area contributed by atoms with Crippen molar-refractivity contribution in [3.63, 3.8) is 0 Å². The molecule has 2 unspecified atom stereocenters. The van der Waals surface area contributed by atoms with Crippen LogP contribution in [0.25, 0.3) is 43.8 Å². The molecule has 0 fully saturated rings. The summed E-state index contributed by atoms with van der Waals surface area (Å²) in [5.41, 5.74) is 12.0. The van der Waals surface area contributed by atoms with Gasteiger partial charge in [-0.1, -0.05) is 105 Å². The molecule has 1 aliphatic heterocycles. The molecule has 0 amide bonds. The zero-order valence-electron chi connectivity index (χ0n) is 22.9. The molecular weight excluding hydrogens is 489 g/mol. The van der Waals surface area contributed by atoms with Crippen LogP contribution in [-0.2, 0) is 0 Å². The number of anilines is 2. The summed E-state index contributed by atoms with van der Waals surface area (Å²) < 4.78 is 0. The molecule has 0 aliphatic carbocycles. The number of fused-ring (bicyclic) bond motifs is 3. The van der Waals surface area contributed by atoms with Gasteiger partial charge in [-0.3, -0.25) is 0 Å². The molecule has 0 aromatic heterocycles. The van der Waals surface area contributed by atoms with Gasteiger partial charge in [-0.15, -0.1) is 0 Å². The van der Waals surface area contributed by atoms with Gasteiger partial charge in [-0.25, -0.2) is 0 Å². The van der Waals surface area contributed by atoms with Gasteiger partial charge >= 0.3 is 0 Å². The topological polar surface area (TPSA) is 3.24 Å². The third-order valence-electron chi connectivity index (χ3n) is 8.20. The highest BCUT2D eigenvalue weighted by Crippen LogP contribution is 2.49. The zero-order valence-corrected chi connectivity index (χ0v) is 23.9. The predicted molar refractivity (Wildman–Crippen MR) is 173 cm³/mol. The second-order valence-corrected chi connectivity index (χ2v) is 12.5. The quantitative estimate of drug-likeness (QED) is 0.165. The van der Waals surface area contributed by atoms with Gasteiger partial charge in [-0.2, -0.15) is 0 Å². The fraction of sp³-hybridized carbons (Fsp3) is 0.135. The first-order chi connectivity index (χ1) is 19.0. The highest BCUT2D eigenvalue weighted by Gasteiger charge is 2.30. The molecule has 6 aromatic rings. The van der Waals surface area contributed by atoms with E-state index in [9.17, 15) is 0 Å². The normalized spacial score (nSPS) is 15.4. The van der Waals surface area contributed by atoms with Crippen LogP contribution in [0.1, 0.15) is 23.6 Å². The standard InChI is InChI=1S/C37H32NP/c1-23-21-24(2)34(25(3)22-23)36-30-17-10-8-15-28(30)35(29-16-9-11-18-31(29)36)32-19-12-20-33-37(32)39-26(4)38(33)27-13-6-5-7-14-27/h5-22,26,39H,1-4H3. The molecule has 1 heterocycles. The maximum Gasteiger partial charge on any atom is 0.0522 e. The van der Waals surface area contributed by atoms with E-state index in [1.54, 1.807) is 0 Å². The van der Waals surface area contributed by atoms with Gasteiger partial charge in [0, 0.05) is 16.7 Å². The fourth-order valence-corrected chi connectivity index (χ4v) is 8.35. The van der Waals surface area contributed by atoms with Crippen LogP contribution in [0.3, 0.4) is 0 Å². The lowest BCUT2D eigenvalue weighted by Gasteiger charge is -2.25. The Labute approximate surface area is 232 Å². The lowest BCUT2D eigenvalue weighted by molar-refractivity contribution is 0.974. The number of benzene rings is 6. The molecule has 0 N–H and O–H groups in total. The molecule has 1 aliphatic rings. The Morgan fingerprint density at radius 2 is 1.10 bits per heavy atom. The summed E-state index contributed by atoms with van der Waals surface area (Å²) in [5.74, 6) is 0.429. The molecule has 2 heteroatoms. The van der Waals surface area contributed by atoms with Gasteiger partial charge in [0.05, 0.1) is 5.78 Å². The average Bonchev–Trinajstić information content (AvgIpc) is 3.29. The van der Waals surface area contributed by atoms with Crippen LogP contribution in [-0.4, -0.2) is 5.78 Å². The minimum absolute atomic E-state index is 0.429. The zero-order chi connectivity index (χ0) is 26.7. The van der Waals surface area contributed by atoms with E-state index in [-0.39, 0.29) is 0 Å². The van der Waals surface area contributed by atoms with Crippen molar-refractivity contribution in [1.29, 1.82) is 0 Å². The minimum Gasteiger partial charge on any atom is -0.334 e. The van der Waals surface area contributed by atoms with Crippen molar-refractivity contribution in [3.05, 3.63) is 126 Å². The minimum atomic E-state index is 0.429. The first kappa shape index (κ1) is 24.1. The smallest absolute Gasteiger partial charge is 0.0522 e. The van der Waals surface area contributed by atoms with E-state index in [0.717, 1.165) is 0 Å². The lowest BCUT2D eigenvalue weighted by atomic mass is 9.83. The number of nitrogens with zero attached hydrogens (tertiary/aromatic N) is 1. The van der Waals surface area contributed by atoms with Crippen LogP contribution >= 0.6 is 8.58 Å². The van der Waals surface area contributed by atoms with Crippen LogP contribution in [0.5, 0.6) is 0 Å². The van der Waals surface area contributed by atoms with Crippen LogP contribution in [0.2, 0.25) is 0 Å². The highest BCUT2D eigenvalue weighted by atomic mass is 31.1. The van der Waals surface area contributed by atoms with Gasteiger partial charge in [0.1, 0.15) is 0 Å². The summed E-state index contributed by atoms with van der Waals surface area (Å²) in [6.45, 7) is 9.08. The number of rotatable bonds is 3. The van der Waals surface area contributed by atoms with Crippen LogP contribution in [0.15, 0.2) is 109 Å². The maximum absolute atomic E-state index is 2.52. The predicted octanol–water partition coefficient (Wildman–Crippen LogP) is 10.1. The van der Waals surface area contributed by atoms with E-state index < -0.39 is 0 Å². The molecule has 39 heavy (non-hydrogen) atoms. The monoisotopic (exact) mass is 521 g/mol. The van der Waals surface area contributed by atoms with Crippen molar-refractivity contribution in [2.24, 2.45) is 0 Å². The molecule has 6 aromatic carbocycles. The lowest BCUT2D eigenvalue weighted by Crippen LogP contribution is -2.20. The SMILES string of the molecule is Cc1cc(C)c(-c2c3ccccc3c(-c3cccc4c3PC(C)N4c3ccccc3)c3ccccc23)c(C)c1. The molecule has 0 saturated heterocycles. The van der Waals surface area contributed by atoms with E-state index in [4.69, 9.17) is 0 Å². The summed E-state index contributed by atoms with van der Waals surface area (Å²) in [6, 6.07) is 40.5. The second-order valence-electron chi connectivity index (χ2n) is 10.8. The third-order valence-corrected chi connectivity index (χ3v) is 9.69. The van der Waals surface area contributed by atoms with Crippen LogP contribution in [0.4, 0.5) is 11.4 Å². The molecular formula is C37H32NP. The number of hydrogen-bond donors (Lipinski definition) is 0. The van der Waals surface area contributed by atoms with Crippen LogP contribution < -0.4 is 10.2 Å². The number of aryl methyl sites for hydroxylation is 3. The Morgan fingerprint density at radius 1 is 0.564 bits per heavy atom. The summed E-state index contributed by atoms with van der Waals surface area (Å²) in [6.07, 6.45) is 0. The van der Waals surface area contributed by atoms with E-state index in [1.165, 1.54) is 77.2 Å². The fourth-order valence-electron chi connectivity index (χ4n) is 6.80. The molecule has 0 spiro atoms. The Balaban J connectivity index is 1.57. The molecule has 0 radical (unpaired) electrons. The van der Waals surface area contributed by atoms with E-state index in [0.29, 0.717) is 14.4 Å². The van der Waals surface area contributed by atoms with E-state index in [1.807, 2.05) is 0 Å². The molecule has 0 saturated carbocycles. The number of hydrogen-bond acceptors (Lipinski definition) is 1. The van der Waals surface area contributed by atoms with Gasteiger partial charge in [-0.05, 0) is 101 Å². The highest BCUT2D eigenvalue weighted by molar-refractivity contribution is 7.49. The summed E-state index contributed by atoms with van der Waals surface area (Å²) in [7, 11) is 0.716. The molecule has 190 valence electrons. The largest absolute Gasteiger partial charge is 0.334 e. The Kier molecular flexibility index (Phi) is 5.80. The third kappa shape index (κ3) is 3.80. The molecule has 1 nitrogen and oxygen atoms in total. The summed E-state index contributed by atoms with van der Waals surface area (Å²) in [4.78, 5) is 2.52. The second kappa shape index (κ2) is 9.37. The van der Waals surface area contributed by atoms with Crippen molar-refractivity contribution >= 4 is 46.8 Å². The molecule has 2 atom stereocenters. The maximum atomic E-state index is 2.52. The van der Waals surface area contributed by atoms with E-state index in [2.05, 4.69) is 142 Å². The Hall–Kier alpha value is -3.93. The van der Waals surface area contributed by atoms with Gasteiger partial charge in [0.2, 0.25) is 0 Å². The Morgan fingerprint density at radius 3 is 1.69 bits per heavy atom. The molecule has 7 rings (SSSR count). The van der Waals surface area contributed by atoms with Crippen molar-refractivity contribution in [2.45, 2.75) is 33.5 Å². The first-order valence-electron chi connectivity index (χ1n) is 13.8. The van der Waals surface area contributed by atoms with Crippen molar-refractivity contribution < 1.29 is 0 Å². The van der Waals surface area contributed by atoms with Crippen LogP contribution in [0, 0.1) is 20.8 Å². The number of para-hydroxylation sites is 1. The molecule has 0 bridgehead atoms. The van der Waals surface area contributed by atoms with Crippen molar-refractivity contribution in [2.75, 3.05) is 4.90 Å². The van der Waals surface area contributed by atoms with Gasteiger partial charge in [0.25, 0.3) is 0 Å². The van der Waals surface area contributed by atoms with Crippen molar-refractivity contribution in [1.82, 2.24) is 0 Å². The summed E-state index contributed by atoms with van der Waals surface area (Å²) >= 11 is 0. The first-order valence-corrected chi connectivity index (χ1v) is 14.9.